The van der Waals surface area contributed by atoms with Crippen LogP contribution in [0.25, 0.3) is 39.3 Å². The number of ether oxygens (including phenoxy) is 4. The molecule has 0 radical (unpaired) electrons. The monoisotopic (exact) mass is 685 g/mol. The minimum atomic E-state index is -1.08. The summed E-state index contributed by atoms with van der Waals surface area (Å²) in [6.45, 7) is 12.1. The van der Waals surface area contributed by atoms with E-state index in [1.807, 2.05) is 107 Å². The molecule has 2 aromatic heterocycles. The van der Waals surface area contributed by atoms with Gasteiger partial charge in [-0.05, 0) is 94.1 Å². The fourth-order valence-corrected chi connectivity index (χ4v) is 6.40. The third-order valence-electron chi connectivity index (χ3n) is 8.72. The summed E-state index contributed by atoms with van der Waals surface area (Å²) in [6, 6.07) is 28.3. The number of nitrogens with zero attached hydrogens (tertiary/aromatic N) is 3. The van der Waals surface area contributed by atoms with Gasteiger partial charge in [-0.3, -0.25) is 0 Å². The summed E-state index contributed by atoms with van der Waals surface area (Å²) >= 11 is 0. The third-order valence-corrected chi connectivity index (χ3v) is 8.72. The molecule has 0 N–H and O–H groups in total. The SMILES string of the molecule is CCOC(=O)[C@@H](OC(C)(C)C)c1c(C)nc2cc3nn2c1-c1ccc(C)c(c1)OCc1cccc(c1)COc1cc(F)ccc1-c1cccc-3c1. The molecule has 3 heterocycles. The lowest BCUT2D eigenvalue weighted by Gasteiger charge is -2.28. The molecule has 0 amide bonds. The number of carbonyl (C=O) groups is 1. The number of carbonyl (C=O) groups excluding carboxylic acids is 1. The standard InChI is InChI=1S/C42H40FN3O5/c1-7-48-41(47)40(51-42(4,5)6)38-26(3)44-37-22-34-30-13-9-12-29(19-30)33-17-16-32(43)21-36(33)50-24-28-11-8-10-27(18-28)23-49-35-20-31(15-14-25(35)2)39(38)46(37)45-34/h8-22,40H,7,23-24H2,1-6H3/t40-/m0/s1. The van der Waals surface area contributed by atoms with Crippen molar-refractivity contribution in [2.75, 3.05) is 6.61 Å². The van der Waals surface area contributed by atoms with Gasteiger partial charge in [0.25, 0.3) is 0 Å². The maximum absolute atomic E-state index is 14.6. The number of aryl methyl sites for hydroxylation is 2. The quantitative estimate of drug-likeness (QED) is 0.171. The number of fused-ring (bicyclic) bond motifs is 11. The Bertz CT molecular complexity index is 2270. The molecule has 0 spiro atoms. The molecule has 4 aromatic carbocycles. The summed E-state index contributed by atoms with van der Waals surface area (Å²) < 4.78 is 41.1. The van der Waals surface area contributed by atoms with Crippen LogP contribution in [-0.4, -0.2) is 32.8 Å². The maximum Gasteiger partial charge on any atom is 0.340 e. The third kappa shape index (κ3) is 7.07. The van der Waals surface area contributed by atoms with Gasteiger partial charge in [-0.15, -0.1) is 0 Å². The van der Waals surface area contributed by atoms with Crippen molar-refractivity contribution in [2.45, 2.75) is 66.5 Å². The Morgan fingerprint density at radius 1 is 0.863 bits per heavy atom. The Morgan fingerprint density at radius 2 is 1.59 bits per heavy atom. The minimum absolute atomic E-state index is 0.194. The second-order valence-corrected chi connectivity index (χ2v) is 13.7. The van der Waals surface area contributed by atoms with Gasteiger partial charge in [0.05, 0.1) is 23.6 Å². The zero-order valence-corrected chi connectivity index (χ0v) is 29.6. The molecule has 51 heavy (non-hydrogen) atoms. The summed E-state index contributed by atoms with van der Waals surface area (Å²) in [6.07, 6.45) is -1.08. The van der Waals surface area contributed by atoms with Crippen LogP contribution in [0.15, 0.2) is 91.0 Å². The Morgan fingerprint density at radius 3 is 2.33 bits per heavy atom. The average Bonchev–Trinajstić information content (AvgIpc) is 3.52. The van der Waals surface area contributed by atoms with Crippen LogP contribution in [0.5, 0.6) is 11.5 Å². The predicted octanol–water partition coefficient (Wildman–Crippen LogP) is 9.38. The molecule has 8 bridgehead atoms. The molecular weight excluding hydrogens is 645 g/mol. The van der Waals surface area contributed by atoms with Gasteiger partial charge < -0.3 is 18.9 Å². The van der Waals surface area contributed by atoms with Crippen molar-refractivity contribution in [3.63, 3.8) is 0 Å². The van der Waals surface area contributed by atoms with Crippen LogP contribution in [0, 0.1) is 19.7 Å². The van der Waals surface area contributed by atoms with E-state index < -0.39 is 17.7 Å². The zero-order chi connectivity index (χ0) is 35.9. The first kappa shape index (κ1) is 33.9. The molecule has 1 atom stereocenters. The molecule has 0 unspecified atom stereocenters. The average molecular weight is 686 g/mol. The number of rotatable bonds is 4. The molecular formula is C42H40FN3O5. The number of hydrogen-bond donors (Lipinski definition) is 0. The van der Waals surface area contributed by atoms with Crippen molar-refractivity contribution >= 4 is 11.6 Å². The molecule has 1 aliphatic rings. The molecule has 8 nitrogen and oxygen atoms in total. The Balaban J connectivity index is 1.50. The fourth-order valence-electron chi connectivity index (χ4n) is 6.40. The highest BCUT2D eigenvalue weighted by Crippen LogP contribution is 2.39. The highest BCUT2D eigenvalue weighted by Gasteiger charge is 2.34. The molecule has 0 aliphatic carbocycles. The number of esters is 1. The second kappa shape index (κ2) is 13.6. The molecule has 0 saturated carbocycles. The van der Waals surface area contributed by atoms with E-state index in [9.17, 15) is 9.18 Å². The van der Waals surface area contributed by atoms with Crippen molar-refractivity contribution in [3.8, 4) is 45.1 Å². The molecule has 260 valence electrons. The zero-order valence-electron chi connectivity index (χ0n) is 29.6. The number of benzene rings is 4. The first-order valence-corrected chi connectivity index (χ1v) is 17.1. The van der Waals surface area contributed by atoms with Crippen molar-refractivity contribution in [3.05, 3.63) is 125 Å². The van der Waals surface area contributed by atoms with Crippen LogP contribution in [-0.2, 0) is 27.5 Å². The Hall–Kier alpha value is -5.54. The summed E-state index contributed by atoms with van der Waals surface area (Å²) in [5.74, 6) is 0.213. The molecule has 6 aromatic rings. The summed E-state index contributed by atoms with van der Waals surface area (Å²) in [4.78, 5) is 18.7. The molecule has 0 fully saturated rings. The van der Waals surface area contributed by atoms with Gasteiger partial charge in [0.2, 0.25) is 0 Å². The predicted molar refractivity (Wildman–Crippen MR) is 194 cm³/mol. The summed E-state index contributed by atoms with van der Waals surface area (Å²) in [5, 5.41) is 5.11. The van der Waals surface area contributed by atoms with Crippen LogP contribution in [0.2, 0.25) is 0 Å². The lowest BCUT2D eigenvalue weighted by Crippen LogP contribution is -2.30. The lowest BCUT2D eigenvalue weighted by atomic mass is 9.97. The molecule has 0 saturated heterocycles. The Kier molecular flexibility index (Phi) is 9.08. The first-order chi connectivity index (χ1) is 24.5. The van der Waals surface area contributed by atoms with Crippen molar-refractivity contribution in [2.24, 2.45) is 0 Å². The van der Waals surface area contributed by atoms with Crippen molar-refractivity contribution in [1.29, 1.82) is 0 Å². The van der Waals surface area contributed by atoms with Gasteiger partial charge in [-0.1, -0.05) is 48.5 Å². The van der Waals surface area contributed by atoms with Crippen molar-refractivity contribution in [1.82, 2.24) is 14.6 Å². The van der Waals surface area contributed by atoms with E-state index in [1.165, 1.54) is 12.1 Å². The van der Waals surface area contributed by atoms with Crippen LogP contribution in [0.3, 0.4) is 0 Å². The normalized spacial score (nSPS) is 13.3. The van der Waals surface area contributed by atoms with Gasteiger partial charge >= 0.3 is 5.97 Å². The topological polar surface area (TPSA) is 84.2 Å². The minimum Gasteiger partial charge on any atom is -0.489 e. The van der Waals surface area contributed by atoms with E-state index in [4.69, 9.17) is 29.0 Å². The molecule has 7 rings (SSSR count). The van der Waals surface area contributed by atoms with Crippen LogP contribution in [0.4, 0.5) is 4.39 Å². The largest absolute Gasteiger partial charge is 0.489 e. The summed E-state index contributed by atoms with van der Waals surface area (Å²) in [5.41, 5.74) is 8.37. The first-order valence-electron chi connectivity index (χ1n) is 17.1. The van der Waals surface area contributed by atoms with E-state index in [0.29, 0.717) is 46.4 Å². The van der Waals surface area contributed by atoms with E-state index in [0.717, 1.165) is 38.9 Å². The number of hydrogen-bond acceptors (Lipinski definition) is 7. The van der Waals surface area contributed by atoms with E-state index in [2.05, 4.69) is 0 Å². The van der Waals surface area contributed by atoms with Crippen LogP contribution < -0.4 is 9.47 Å². The lowest BCUT2D eigenvalue weighted by molar-refractivity contribution is -0.166. The summed E-state index contributed by atoms with van der Waals surface area (Å²) in [7, 11) is 0. The van der Waals surface area contributed by atoms with Gasteiger partial charge in [-0.25, -0.2) is 18.7 Å². The number of aromatic nitrogens is 3. The smallest absolute Gasteiger partial charge is 0.340 e. The van der Waals surface area contributed by atoms with E-state index in [-0.39, 0.29) is 19.0 Å². The van der Waals surface area contributed by atoms with Crippen molar-refractivity contribution < 1.29 is 28.1 Å². The molecule has 1 aliphatic heterocycles. The Labute approximate surface area is 296 Å². The number of halogens is 1. The van der Waals surface area contributed by atoms with Gasteiger partial charge in [-0.2, -0.15) is 5.10 Å². The highest BCUT2D eigenvalue weighted by atomic mass is 19.1. The van der Waals surface area contributed by atoms with Gasteiger partial charge in [0, 0.05) is 40.1 Å². The maximum atomic E-state index is 14.6. The van der Waals surface area contributed by atoms with Gasteiger partial charge in [0.15, 0.2) is 11.8 Å². The van der Waals surface area contributed by atoms with Crippen LogP contribution >= 0.6 is 0 Å². The highest BCUT2D eigenvalue weighted by molar-refractivity contribution is 5.83. The van der Waals surface area contributed by atoms with Crippen LogP contribution in [0.1, 0.15) is 61.7 Å². The molecule has 9 heteroatoms. The second-order valence-electron chi connectivity index (χ2n) is 13.7. The van der Waals surface area contributed by atoms with E-state index in [1.54, 1.807) is 17.5 Å². The fraction of sp³-hybridized carbons (Fsp3) is 0.262. The van der Waals surface area contributed by atoms with Gasteiger partial charge in [0.1, 0.15) is 30.5 Å². The van der Waals surface area contributed by atoms with E-state index >= 15 is 0 Å².